The molecule has 1 aromatic heterocycles. The third-order valence-electron chi connectivity index (χ3n) is 8.50. The highest BCUT2D eigenvalue weighted by Crippen LogP contribution is 2.60. The molecule has 4 aliphatic carbocycles. The minimum atomic E-state index is -0.449. The number of rotatable bonds is 4. The molecule has 0 atom stereocenters. The number of carbonyl (C=O) groups is 2. The van der Waals surface area contributed by atoms with Crippen LogP contribution in [0.2, 0.25) is 0 Å². The number of non-ortho nitro benzene ring substituents is 1. The smallest absolute Gasteiger partial charge is 0.269 e. The zero-order valence-electron chi connectivity index (χ0n) is 19.1. The van der Waals surface area contributed by atoms with E-state index < -0.39 is 4.92 Å². The zero-order valence-corrected chi connectivity index (χ0v) is 19.1. The predicted octanol–water partition coefficient (Wildman–Crippen LogP) is 3.28. The minimum absolute atomic E-state index is 0.00756. The van der Waals surface area contributed by atoms with E-state index in [2.05, 4.69) is 5.10 Å². The number of nitro groups is 1. The fourth-order valence-corrected chi connectivity index (χ4v) is 7.30. The number of nitrogens with zero attached hydrogens (tertiary/aromatic N) is 5. The molecule has 1 aliphatic heterocycles. The van der Waals surface area contributed by atoms with Crippen LogP contribution in [0.15, 0.2) is 36.7 Å². The van der Waals surface area contributed by atoms with Gasteiger partial charge in [0.2, 0.25) is 5.91 Å². The van der Waals surface area contributed by atoms with Gasteiger partial charge in [0.05, 0.1) is 27.8 Å². The number of benzene rings is 1. The van der Waals surface area contributed by atoms with Crippen LogP contribution in [0.1, 0.15) is 48.9 Å². The summed E-state index contributed by atoms with van der Waals surface area (Å²) in [5.41, 5.74) is 0.996. The van der Waals surface area contributed by atoms with E-state index >= 15 is 0 Å². The summed E-state index contributed by atoms with van der Waals surface area (Å²) in [4.78, 5) is 40.9. The van der Waals surface area contributed by atoms with Crippen LogP contribution in [0.4, 0.5) is 5.69 Å². The van der Waals surface area contributed by atoms with E-state index in [1.54, 1.807) is 27.9 Å². The lowest BCUT2D eigenvalue weighted by Gasteiger charge is -2.57. The molecule has 34 heavy (non-hydrogen) atoms. The summed E-state index contributed by atoms with van der Waals surface area (Å²) in [7, 11) is 0. The zero-order chi connectivity index (χ0) is 23.4. The van der Waals surface area contributed by atoms with Gasteiger partial charge in [-0.1, -0.05) is 0 Å². The number of aromatic nitrogens is 2. The van der Waals surface area contributed by atoms with Crippen molar-refractivity contribution in [3.05, 3.63) is 52.3 Å². The molecule has 5 fully saturated rings. The van der Waals surface area contributed by atoms with Crippen LogP contribution in [-0.4, -0.2) is 62.5 Å². The van der Waals surface area contributed by atoms with Crippen molar-refractivity contribution in [2.45, 2.75) is 38.5 Å². The van der Waals surface area contributed by atoms with Gasteiger partial charge in [0, 0.05) is 44.5 Å². The van der Waals surface area contributed by atoms with Gasteiger partial charge in [-0.3, -0.25) is 19.7 Å². The highest BCUT2D eigenvalue weighted by Gasteiger charge is 2.55. The second-order valence-corrected chi connectivity index (χ2v) is 10.7. The first kappa shape index (κ1) is 21.3. The summed E-state index contributed by atoms with van der Waals surface area (Å²) in [5, 5.41) is 15.1. The van der Waals surface area contributed by atoms with Gasteiger partial charge in [-0.25, -0.2) is 4.68 Å². The van der Waals surface area contributed by atoms with Gasteiger partial charge in [-0.2, -0.15) is 5.10 Å². The van der Waals surface area contributed by atoms with Crippen LogP contribution in [0.3, 0.4) is 0 Å². The lowest BCUT2D eigenvalue weighted by molar-refractivity contribution is -0.384. The van der Waals surface area contributed by atoms with E-state index in [1.165, 1.54) is 37.6 Å². The first-order chi connectivity index (χ1) is 16.4. The lowest BCUT2D eigenvalue weighted by atomic mass is 9.49. The van der Waals surface area contributed by atoms with Crippen molar-refractivity contribution >= 4 is 17.5 Å². The minimum Gasteiger partial charge on any atom is -0.339 e. The molecule has 2 heterocycles. The van der Waals surface area contributed by atoms with E-state index in [-0.39, 0.29) is 17.0 Å². The Morgan fingerprint density at radius 1 is 0.912 bits per heavy atom. The van der Waals surface area contributed by atoms with Gasteiger partial charge in [0.15, 0.2) is 0 Å². The monoisotopic (exact) mass is 463 g/mol. The summed E-state index contributed by atoms with van der Waals surface area (Å²) in [6, 6.07) is 6.04. The molecule has 0 unspecified atom stereocenters. The highest BCUT2D eigenvalue weighted by molar-refractivity contribution is 5.94. The quantitative estimate of drug-likeness (QED) is 0.512. The van der Waals surface area contributed by atoms with Gasteiger partial charge in [-0.05, 0) is 68.4 Å². The molecule has 178 valence electrons. The van der Waals surface area contributed by atoms with Gasteiger partial charge in [0.25, 0.3) is 11.6 Å². The molecule has 5 aliphatic rings. The molecule has 2 amide bonds. The van der Waals surface area contributed by atoms with Gasteiger partial charge in [-0.15, -0.1) is 0 Å². The van der Waals surface area contributed by atoms with Crippen LogP contribution in [0.25, 0.3) is 5.69 Å². The summed E-state index contributed by atoms with van der Waals surface area (Å²) >= 11 is 0. The molecule has 7 rings (SSSR count). The van der Waals surface area contributed by atoms with Crippen molar-refractivity contribution in [2.75, 3.05) is 26.2 Å². The summed E-state index contributed by atoms with van der Waals surface area (Å²) < 4.78 is 1.55. The second kappa shape index (κ2) is 7.92. The Bertz CT molecular complexity index is 1100. The average molecular weight is 464 g/mol. The topological polar surface area (TPSA) is 102 Å². The maximum Gasteiger partial charge on any atom is 0.269 e. The SMILES string of the molecule is O=C(c1cnn(-c2ccc([N+](=O)[O-])cc2)c1)N1CCN(C(=O)C23CC4CC(CC(C4)C2)C3)CC1. The molecule has 4 saturated carbocycles. The maximum absolute atomic E-state index is 13.6. The summed E-state index contributed by atoms with van der Waals surface area (Å²) in [5.74, 6) is 2.46. The molecule has 1 saturated heterocycles. The first-order valence-corrected chi connectivity index (χ1v) is 12.3. The van der Waals surface area contributed by atoms with E-state index in [0.717, 1.165) is 37.0 Å². The summed E-state index contributed by atoms with van der Waals surface area (Å²) in [6.45, 7) is 2.23. The molecule has 9 heteroatoms. The van der Waals surface area contributed by atoms with E-state index in [1.807, 2.05) is 4.90 Å². The van der Waals surface area contributed by atoms with Crippen molar-refractivity contribution in [1.29, 1.82) is 0 Å². The number of amides is 2. The Morgan fingerprint density at radius 2 is 1.47 bits per heavy atom. The largest absolute Gasteiger partial charge is 0.339 e. The number of hydrogen-bond donors (Lipinski definition) is 0. The van der Waals surface area contributed by atoms with Gasteiger partial charge in [0.1, 0.15) is 0 Å². The predicted molar refractivity (Wildman–Crippen MR) is 123 cm³/mol. The second-order valence-electron chi connectivity index (χ2n) is 10.7. The van der Waals surface area contributed by atoms with Crippen molar-refractivity contribution in [3.63, 3.8) is 0 Å². The summed E-state index contributed by atoms with van der Waals surface area (Å²) in [6.07, 6.45) is 10.3. The third-order valence-corrected chi connectivity index (χ3v) is 8.50. The molecular formula is C25H29N5O4. The van der Waals surface area contributed by atoms with E-state index in [9.17, 15) is 19.7 Å². The van der Waals surface area contributed by atoms with E-state index in [4.69, 9.17) is 0 Å². The average Bonchev–Trinajstić information content (AvgIpc) is 3.33. The molecule has 9 nitrogen and oxygen atoms in total. The molecule has 0 radical (unpaired) electrons. The normalized spacial score (nSPS) is 29.9. The Hall–Kier alpha value is -3.23. The molecule has 4 bridgehead atoms. The molecule has 2 aromatic rings. The Balaban J connectivity index is 1.09. The van der Waals surface area contributed by atoms with Crippen LogP contribution in [0, 0.1) is 33.3 Å². The molecule has 0 spiro atoms. The number of nitro benzene ring substituents is 1. The number of hydrogen-bond acceptors (Lipinski definition) is 5. The number of piperazine rings is 1. The van der Waals surface area contributed by atoms with Crippen LogP contribution in [-0.2, 0) is 4.79 Å². The van der Waals surface area contributed by atoms with Gasteiger partial charge < -0.3 is 9.80 Å². The molecule has 0 N–H and O–H groups in total. The third kappa shape index (κ3) is 3.58. The highest BCUT2D eigenvalue weighted by atomic mass is 16.6. The standard InChI is InChI=1S/C25H29N5O4/c31-23(20-15-26-29(16-20)21-1-3-22(4-2-21)30(33)34)27-5-7-28(8-6-27)24(32)25-12-17-9-18(13-25)11-19(10-17)14-25/h1-4,15-19H,5-14H2. The first-order valence-electron chi connectivity index (χ1n) is 12.3. The Morgan fingerprint density at radius 3 is 2.03 bits per heavy atom. The van der Waals surface area contributed by atoms with Crippen molar-refractivity contribution in [3.8, 4) is 5.69 Å². The lowest BCUT2D eigenvalue weighted by Crippen LogP contribution is -2.58. The van der Waals surface area contributed by atoms with Crippen LogP contribution < -0.4 is 0 Å². The fourth-order valence-electron chi connectivity index (χ4n) is 7.30. The Kier molecular flexibility index (Phi) is 4.97. The van der Waals surface area contributed by atoms with Crippen molar-refractivity contribution in [1.82, 2.24) is 19.6 Å². The fraction of sp³-hybridized carbons (Fsp3) is 0.560. The van der Waals surface area contributed by atoms with E-state index in [0.29, 0.717) is 43.3 Å². The number of carbonyl (C=O) groups excluding carboxylic acids is 2. The molecular weight excluding hydrogens is 434 g/mol. The van der Waals surface area contributed by atoms with Gasteiger partial charge >= 0.3 is 0 Å². The maximum atomic E-state index is 13.6. The Labute approximate surface area is 197 Å². The molecule has 1 aromatic carbocycles. The van der Waals surface area contributed by atoms with Crippen LogP contribution >= 0.6 is 0 Å². The van der Waals surface area contributed by atoms with Crippen LogP contribution in [0.5, 0.6) is 0 Å². The van der Waals surface area contributed by atoms with Crippen molar-refractivity contribution in [2.24, 2.45) is 23.2 Å². The van der Waals surface area contributed by atoms with Crippen molar-refractivity contribution < 1.29 is 14.5 Å².